The summed E-state index contributed by atoms with van der Waals surface area (Å²) in [7, 11) is 0. The average Bonchev–Trinajstić information content (AvgIpc) is 3.17. The first kappa shape index (κ1) is 17.0. The van der Waals surface area contributed by atoms with Crippen LogP contribution in [0.1, 0.15) is 52.9 Å². The molecule has 0 saturated heterocycles. The third-order valence-corrected chi connectivity index (χ3v) is 4.46. The van der Waals surface area contributed by atoms with Gasteiger partial charge in [-0.15, -0.1) is 0 Å². The summed E-state index contributed by atoms with van der Waals surface area (Å²) in [6.07, 6.45) is 3.80. The Morgan fingerprint density at radius 3 is 2.35 bits per heavy atom. The van der Waals surface area contributed by atoms with Crippen LogP contribution in [-0.4, -0.2) is 29.1 Å². The molecule has 0 spiro atoms. The van der Waals surface area contributed by atoms with Crippen LogP contribution < -0.4 is 11.1 Å². The van der Waals surface area contributed by atoms with Gasteiger partial charge in [-0.2, -0.15) is 0 Å². The molecule has 0 heterocycles. The number of carboxylic acid groups (broad SMARTS) is 1. The zero-order valence-corrected chi connectivity index (χ0v) is 12.8. The lowest BCUT2D eigenvalue weighted by Gasteiger charge is -2.27. The van der Waals surface area contributed by atoms with Crippen molar-refractivity contribution < 1.29 is 14.7 Å². The Hall–Kier alpha value is -1.10. The molecule has 5 heteroatoms. The van der Waals surface area contributed by atoms with E-state index in [1.807, 2.05) is 0 Å². The summed E-state index contributed by atoms with van der Waals surface area (Å²) >= 11 is 0. The van der Waals surface area contributed by atoms with Crippen molar-refractivity contribution in [1.82, 2.24) is 5.32 Å². The van der Waals surface area contributed by atoms with Gasteiger partial charge in [0, 0.05) is 6.42 Å². The van der Waals surface area contributed by atoms with Gasteiger partial charge in [0.15, 0.2) is 0 Å². The Bertz CT molecular complexity index is 353. The minimum Gasteiger partial charge on any atom is -0.480 e. The summed E-state index contributed by atoms with van der Waals surface area (Å²) in [6, 6.07) is 0. The molecule has 0 aromatic heterocycles. The van der Waals surface area contributed by atoms with E-state index < -0.39 is 11.5 Å². The molecular formula is C15H28N2O3. The number of carbonyl (C=O) groups excluding carboxylic acids is 1. The number of hydrogen-bond acceptors (Lipinski definition) is 3. The third-order valence-electron chi connectivity index (χ3n) is 4.46. The third kappa shape index (κ3) is 4.47. The quantitative estimate of drug-likeness (QED) is 0.601. The maximum absolute atomic E-state index is 12.0. The molecule has 0 aliphatic heterocycles. The molecule has 1 fully saturated rings. The first-order valence-corrected chi connectivity index (χ1v) is 7.55. The van der Waals surface area contributed by atoms with Crippen molar-refractivity contribution in [3.8, 4) is 0 Å². The summed E-state index contributed by atoms with van der Waals surface area (Å²) in [5, 5.41) is 12.0. The van der Waals surface area contributed by atoms with Gasteiger partial charge in [-0.05, 0) is 56.9 Å². The van der Waals surface area contributed by atoms with Crippen LogP contribution in [0.25, 0.3) is 0 Å². The Labute approximate surface area is 121 Å². The van der Waals surface area contributed by atoms with Crippen LogP contribution in [0.3, 0.4) is 0 Å². The maximum Gasteiger partial charge on any atom is 0.329 e. The number of nitrogens with one attached hydrogen (secondary N) is 1. The van der Waals surface area contributed by atoms with Crippen molar-refractivity contribution in [3.63, 3.8) is 0 Å². The lowest BCUT2D eigenvalue weighted by atomic mass is 9.88. The van der Waals surface area contributed by atoms with Gasteiger partial charge in [0.1, 0.15) is 5.54 Å². The van der Waals surface area contributed by atoms with Crippen LogP contribution in [-0.2, 0) is 9.59 Å². The van der Waals surface area contributed by atoms with Crippen molar-refractivity contribution in [1.29, 1.82) is 0 Å². The first-order chi connectivity index (χ1) is 9.31. The maximum atomic E-state index is 12.0. The van der Waals surface area contributed by atoms with E-state index >= 15 is 0 Å². The van der Waals surface area contributed by atoms with Crippen molar-refractivity contribution >= 4 is 11.9 Å². The van der Waals surface area contributed by atoms with Gasteiger partial charge in [0.05, 0.1) is 0 Å². The van der Waals surface area contributed by atoms with Gasteiger partial charge in [-0.1, -0.05) is 13.8 Å². The molecule has 0 radical (unpaired) electrons. The molecule has 1 aliphatic rings. The van der Waals surface area contributed by atoms with Crippen molar-refractivity contribution in [2.45, 2.75) is 58.4 Å². The van der Waals surface area contributed by atoms with Gasteiger partial charge in [0.25, 0.3) is 0 Å². The fourth-order valence-electron chi connectivity index (χ4n) is 2.68. The highest BCUT2D eigenvalue weighted by molar-refractivity contribution is 5.87. The summed E-state index contributed by atoms with van der Waals surface area (Å²) in [5.74, 6) is -0.113. The Balaban J connectivity index is 2.48. The van der Waals surface area contributed by atoms with Crippen molar-refractivity contribution in [3.05, 3.63) is 0 Å². The molecular weight excluding hydrogens is 256 g/mol. The van der Waals surface area contributed by atoms with Crippen LogP contribution in [0.2, 0.25) is 0 Å². The number of carbonyl (C=O) groups is 2. The second-order valence-corrected chi connectivity index (χ2v) is 6.45. The van der Waals surface area contributed by atoms with E-state index in [9.17, 15) is 14.7 Å². The molecule has 1 rings (SSSR count). The molecule has 5 nitrogen and oxygen atoms in total. The van der Waals surface area contributed by atoms with Crippen molar-refractivity contribution in [2.75, 3.05) is 6.54 Å². The number of rotatable bonds is 9. The zero-order chi connectivity index (χ0) is 15.3. The van der Waals surface area contributed by atoms with Crippen LogP contribution in [0.4, 0.5) is 0 Å². The molecule has 4 N–H and O–H groups in total. The van der Waals surface area contributed by atoms with Crippen molar-refractivity contribution in [2.24, 2.45) is 23.5 Å². The lowest BCUT2D eigenvalue weighted by Crippen LogP contribution is -2.54. The topological polar surface area (TPSA) is 92.4 Å². The normalized spacial score (nSPS) is 19.4. The molecule has 2 atom stereocenters. The minimum atomic E-state index is -1.10. The molecule has 1 aliphatic carbocycles. The van der Waals surface area contributed by atoms with Crippen LogP contribution in [0.15, 0.2) is 0 Å². The molecule has 116 valence electrons. The largest absolute Gasteiger partial charge is 0.480 e. The summed E-state index contributed by atoms with van der Waals surface area (Å²) in [6.45, 7) is 6.50. The molecule has 0 aromatic carbocycles. The predicted octanol–water partition coefficient (Wildman–Crippen LogP) is 1.76. The van der Waals surface area contributed by atoms with Gasteiger partial charge in [-0.25, -0.2) is 4.79 Å². The molecule has 2 unspecified atom stereocenters. The lowest BCUT2D eigenvalue weighted by molar-refractivity contribution is -0.148. The molecule has 20 heavy (non-hydrogen) atoms. The molecule has 0 aromatic rings. The van der Waals surface area contributed by atoms with E-state index in [0.29, 0.717) is 24.8 Å². The van der Waals surface area contributed by atoms with Gasteiger partial charge < -0.3 is 16.2 Å². The zero-order valence-electron chi connectivity index (χ0n) is 12.8. The molecule has 1 saturated carbocycles. The minimum absolute atomic E-state index is 0.0777. The fraction of sp³-hybridized carbons (Fsp3) is 0.867. The second-order valence-electron chi connectivity index (χ2n) is 6.45. The van der Waals surface area contributed by atoms with E-state index in [1.165, 1.54) is 0 Å². The molecule has 0 bridgehead atoms. The SMILES string of the molecule is CC(C)C(CCN)CCC(=O)NC(C)(C(=O)O)C1CC1. The van der Waals surface area contributed by atoms with E-state index in [4.69, 9.17) is 5.73 Å². The monoisotopic (exact) mass is 284 g/mol. The number of carboxylic acids is 1. The van der Waals surface area contributed by atoms with E-state index in [0.717, 1.165) is 25.7 Å². The summed E-state index contributed by atoms with van der Waals surface area (Å²) < 4.78 is 0. The van der Waals surface area contributed by atoms with E-state index in [2.05, 4.69) is 19.2 Å². The van der Waals surface area contributed by atoms with Crippen LogP contribution >= 0.6 is 0 Å². The Morgan fingerprint density at radius 1 is 1.35 bits per heavy atom. The van der Waals surface area contributed by atoms with E-state index in [-0.39, 0.29) is 11.8 Å². The highest BCUT2D eigenvalue weighted by Gasteiger charge is 2.48. The average molecular weight is 284 g/mol. The van der Waals surface area contributed by atoms with Gasteiger partial charge in [0.2, 0.25) is 5.91 Å². The first-order valence-electron chi connectivity index (χ1n) is 7.55. The summed E-state index contributed by atoms with van der Waals surface area (Å²) in [4.78, 5) is 23.4. The highest BCUT2D eigenvalue weighted by atomic mass is 16.4. The standard InChI is InChI=1S/C15H28N2O3/c1-10(2)11(8-9-16)4-7-13(18)17-15(3,14(19)20)12-5-6-12/h10-12H,4-9,16H2,1-3H3,(H,17,18)(H,19,20). The van der Waals surface area contributed by atoms with Crippen LogP contribution in [0.5, 0.6) is 0 Å². The fourth-order valence-corrected chi connectivity index (χ4v) is 2.68. The highest BCUT2D eigenvalue weighted by Crippen LogP contribution is 2.39. The van der Waals surface area contributed by atoms with Crippen LogP contribution in [0, 0.1) is 17.8 Å². The van der Waals surface area contributed by atoms with Gasteiger partial charge >= 0.3 is 5.97 Å². The van der Waals surface area contributed by atoms with Gasteiger partial charge in [-0.3, -0.25) is 4.79 Å². The smallest absolute Gasteiger partial charge is 0.329 e. The Morgan fingerprint density at radius 2 is 1.95 bits per heavy atom. The number of amides is 1. The van der Waals surface area contributed by atoms with E-state index in [1.54, 1.807) is 6.92 Å². The Kier molecular flexibility index (Phi) is 5.99. The molecule has 1 amide bonds. The number of aliphatic carboxylic acids is 1. The second kappa shape index (κ2) is 7.07. The predicted molar refractivity (Wildman–Crippen MR) is 78.1 cm³/mol. The number of nitrogens with two attached hydrogens (primary N) is 1. The number of hydrogen-bond donors (Lipinski definition) is 3. The summed E-state index contributed by atoms with van der Waals surface area (Å²) in [5.41, 5.74) is 4.49.